The predicted octanol–water partition coefficient (Wildman–Crippen LogP) is 6.06. The van der Waals surface area contributed by atoms with Crippen LogP contribution >= 0.6 is 0 Å². The van der Waals surface area contributed by atoms with Crippen LogP contribution in [0.4, 0.5) is 0 Å². The molecule has 0 unspecified atom stereocenters. The van der Waals surface area contributed by atoms with Crippen molar-refractivity contribution in [3.63, 3.8) is 0 Å². The number of rotatable bonds is 0. The van der Waals surface area contributed by atoms with Crippen molar-refractivity contribution in [2.75, 3.05) is 14.2 Å². The molecule has 136 valence electrons. The van der Waals surface area contributed by atoms with Gasteiger partial charge < -0.3 is 10.2 Å². The van der Waals surface area contributed by atoms with Gasteiger partial charge in [-0.15, -0.1) is 0 Å². The predicted molar refractivity (Wildman–Crippen MR) is 108 cm³/mol. The van der Waals surface area contributed by atoms with Crippen molar-refractivity contribution in [3.8, 4) is 0 Å². The third-order valence-corrected chi connectivity index (χ3v) is 1.33. The zero-order valence-corrected chi connectivity index (χ0v) is 16.5. The van der Waals surface area contributed by atoms with Crippen molar-refractivity contribution in [1.82, 2.24) is 0 Å². The number of aliphatic hydroxyl groups is 2. The van der Waals surface area contributed by atoms with E-state index in [4.69, 9.17) is 10.2 Å². The maximum atomic E-state index is 7.00. The van der Waals surface area contributed by atoms with Gasteiger partial charge in [-0.2, -0.15) is 0 Å². The Morgan fingerprint density at radius 3 is 0.478 bits per heavy atom. The van der Waals surface area contributed by atoms with Gasteiger partial charge in [0.2, 0.25) is 0 Å². The standard InChI is InChI=1S/2C6H6.C3H8.2C2H6.2CH4O/c2*1-2-4-6-5-3-1;1-3-2;4*1-2/h2*1-6H;3H2,1-2H3;2*1-2H3;2*2H,1H3. The van der Waals surface area contributed by atoms with Gasteiger partial charge in [-0.1, -0.05) is 121 Å². The molecule has 0 atom stereocenters. The van der Waals surface area contributed by atoms with Crippen LogP contribution in [0.2, 0.25) is 0 Å². The van der Waals surface area contributed by atoms with Gasteiger partial charge in [0, 0.05) is 14.2 Å². The largest absolute Gasteiger partial charge is 0.400 e. The van der Waals surface area contributed by atoms with Crippen molar-refractivity contribution < 1.29 is 10.2 Å². The van der Waals surface area contributed by atoms with Crippen LogP contribution in [-0.2, 0) is 0 Å². The fourth-order valence-electron chi connectivity index (χ4n) is 0.770. The van der Waals surface area contributed by atoms with E-state index in [1.807, 2.05) is 100 Å². The summed E-state index contributed by atoms with van der Waals surface area (Å²) in [6, 6.07) is 24.0. The molecule has 2 aromatic carbocycles. The van der Waals surface area contributed by atoms with E-state index >= 15 is 0 Å². The third kappa shape index (κ3) is 63.9. The Labute approximate surface area is 145 Å². The second-order valence-corrected chi connectivity index (χ2v) is 3.02. The highest BCUT2D eigenvalue weighted by Gasteiger charge is 1.58. The summed E-state index contributed by atoms with van der Waals surface area (Å²) < 4.78 is 0. The van der Waals surface area contributed by atoms with Crippen LogP contribution < -0.4 is 0 Å². The van der Waals surface area contributed by atoms with Crippen LogP contribution in [0.5, 0.6) is 0 Å². The van der Waals surface area contributed by atoms with E-state index in [1.54, 1.807) is 0 Å². The van der Waals surface area contributed by atoms with Gasteiger partial charge in [-0.3, -0.25) is 0 Å². The normalized spacial score (nSPS) is 6.00. The molecule has 2 heteroatoms. The molecule has 2 nitrogen and oxygen atoms in total. The molecule has 0 aromatic heterocycles. The smallest absolute Gasteiger partial charge is 0.0319 e. The van der Waals surface area contributed by atoms with Crippen LogP contribution in [0.1, 0.15) is 48.0 Å². The van der Waals surface area contributed by atoms with E-state index in [0.717, 1.165) is 14.2 Å². The second-order valence-electron chi connectivity index (χ2n) is 3.02. The summed E-state index contributed by atoms with van der Waals surface area (Å²) >= 11 is 0. The van der Waals surface area contributed by atoms with Gasteiger partial charge in [-0.25, -0.2) is 0 Å². The Kier molecular flexibility index (Phi) is 85.1. The zero-order chi connectivity index (χ0) is 19.2. The summed E-state index contributed by atoms with van der Waals surface area (Å²) in [5.41, 5.74) is 0. The molecule has 0 spiro atoms. The first-order chi connectivity index (χ1) is 11.4. The molecule has 0 saturated heterocycles. The maximum absolute atomic E-state index is 7.00. The highest BCUT2D eigenvalue weighted by molar-refractivity contribution is 4.99. The van der Waals surface area contributed by atoms with Crippen molar-refractivity contribution in [2.45, 2.75) is 48.0 Å². The van der Waals surface area contributed by atoms with Crippen LogP contribution in [0, 0.1) is 0 Å². The van der Waals surface area contributed by atoms with Gasteiger partial charge >= 0.3 is 0 Å². The topological polar surface area (TPSA) is 40.5 Å². The van der Waals surface area contributed by atoms with Crippen molar-refractivity contribution >= 4 is 0 Å². The van der Waals surface area contributed by atoms with Gasteiger partial charge in [0.05, 0.1) is 0 Å². The summed E-state index contributed by atoms with van der Waals surface area (Å²) in [6.45, 7) is 12.2. The quantitative estimate of drug-likeness (QED) is 0.618. The third-order valence-electron chi connectivity index (χ3n) is 1.33. The summed E-state index contributed by atoms with van der Waals surface area (Å²) in [4.78, 5) is 0. The molecule has 2 N–H and O–H groups in total. The molecule has 0 fully saturated rings. The summed E-state index contributed by atoms with van der Waals surface area (Å²) in [5, 5.41) is 14.0. The number of hydrogen-bond donors (Lipinski definition) is 2. The molecule has 2 rings (SSSR count). The molecule has 0 aliphatic rings. The molecule has 0 aliphatic heterocycles. The van der Waals surface area contributed by atoms with Crippen molar-refractivity contribution in [1.29, 1.82) is 0 Å². The van der Waals surface area contributed by atoms with Crippen LogP contribution in [0.3, 0.4) is 0 Å². The lowest BCUT2D eigenvalue weighted by Crippen LogP contribution is -1.47. The Morgan fingerprint density at radius 1 is 0.391 bits per heavy atom. The molecule has 0 heterocycles. The molecule has 0 amide bonds. The molecular weight excluding hydrogens is 284 g/mol. The fourth-order valence-corrected chi connectivity index (χ4v) is 0.770. The van der Waals surface area contributed by atoms with E-state index in [-0.39, 0.29) is 0 Å². The molecule has 2 aromatic rings. The Bertz CT molecular complexity index is 198. The monoisotopic (exact) mass is 324 g/mol. The number of hydrogen-bond acceptors (Lipinski definition) is 2. The summed E-state index contributed by atoms with van der Waals surface area (Å²) in [7, 11) is 2.00. The van der Waals surface area contributed by atoms with E-state index in [0.29, 0.717) is 0 Å². The minimum absolute atomic E-state index is 1.00. The van der Waals surface area contributed by atoms with E-state index in [1.165, 1.54) is 6.42 Å². The maximum Gasteiger partial charge on any atom is 0.0319 e. The molecule has 0 bridgehead atoms. The minimum atomic E-state index is 1.00. The van der Waals surface area contributed by atoms with Gasteiger partial charge in [0.25, 0.3) is 0 Å². The number of benzene rings is 2. The van der Waals surface area contributed by atoms with Gasteiger partial charge in [-0.05, 0) is 0 Å². The van der Waals surface area contributed by atoms with Crippen LogP contribution in [0.25, 0.3) is 0 Å². The highest BCUT2D eigenvalue weighted by atomic mass is 16.2. The Balaban J connectivity index is -0.0000000598. The van der Waals surface area contributed by atoms with Crippen LogP contribution in [0.15, 0.2) is 72.8 Å². The van der Waals surface area contributed by atoms with E-state index in [2.05, 4.69) is 13.8 Å². The van der Waals surface area contributed by atoms with Gasteiger partial charge in [0.15, 0.2) is 0 Å². The molecular formula is C21H40O2. The van der Waals surface area contributed by atoms with E-state index < -0.39 is 0 Å². The zero-order valence-electron chi connectivity index (χ0n) is 16.5. The minimum Gasteiger partial charge on any atom is -0.400 e. The van der Waals surface area contributed by atoms with Gasteiger partial charge in [0.1, 0.15) is 0 Å². The van der Waals surface area contributed by atoms with Crippen molar-refractivity contribution in [3.05, 3.63) is 72.8 Å². The highest BCUT2D eigenvalue weighted by Crippen LogP contribution is 1.80. The lowest BCUT2D eigenvalue weighted by Gasteiger charge is -1.69. The average molecular weight is 325 g/mol. The second kappa shape index (κ2) is 59.1. The summed E-state index contributed by atoms with van der Waals surface area (Å²) in [6.07, 6.45) is 1.25. The lowest BCUT2D eigenvalue weighted by atomic mass is 10.4. The van der Waals surface area contributed by atoms with Crippen LogP contribution in [-0.4, -0.2) is 24.4 Å². The average Bonchev–Trinajstić information content (AvgIpc) is 2.72. The molecule has 0 aliphatic carbocycles. The number of aliphatic hydroxyl groups excluding tert-OH is 2. The molecule has 23 heavy (non-hydrogen) atoms. The lowest BCUT2D eigenvalue weighted by molar-refractivity contribution is 0.399. The van der Waals surface area contributed by atoms with E-state index in [9.17, 15) is 0 Å². The van der Waals surface area contributed by atoms with Crippen molar-refractivity contribution in [2.24, 2.45) is 0 Å². The first-order valence-electron chi connectivity index (χ1n) is 8.31. The first kappa shape index (κ1) is 33.1. The SMILES string of the molecule is CC.CC.CCC.CO.CO.c1ccccc1.c1ccccc1. The molecule has 0 radical (unpaired) electrons. The fraction of sp³-hybridized carbons (Fsp3) is 0.429. The Morgan fingerprint density at radius 2 is 0.435 bits per heavy atom. The first-order valence-corrected chi connectivity index (χ1v) is 8.31. The Hall–Kier alpha value is -1.64. The summed E-state index contributed by atoms with van der Waals surface area (Å²) in [5.74, 6) is 0. The molecule has 0 saturated carbocycles.